The topological polar surface area (TPSA) is 6.48 Å². The number of hydrogen-bond acceptors (Lipinski definition) is 2. The fourth-order valence-corrected chi connectivity index (χ4v) is 12.2. The van der Waals surface area contributed by atoms with E-state index >= 15 is 0 Å². The van der Waals surface area contributed by atoms with Gasteiger partial charge in [0.1, 0.15) is 0 Å². The van der Waals surface area contributed by atoms with Gasteiger partial charge in [-0.1, -0.05) is 220 Å². The third kappa shape index (κ3) is 8.64. The molecular weight excluding hydrogens is 916 g/mol. The van der Waals surface area contributed by atoms with Crippen LogP contribution in [0.5, 0.6) is 0 Å². The standard InChI is InChI=1S/C73H69BN2/c1-47-19-15-18-24-61(47)56-43-63-62-42-52-22-16-17-23-53(52)44-66(62)76(60-37-35-59(36-38-60)73(9,10)11)74-64-39-29-55(69(50-25-31-57(32-26-50)71(3,4)5)51-27-33-58(34-28-51)72(6,7)8)45-67(64)75(68(46-56)70(63)74)65-40-30-54(41-48(65)2)49-20-13-12-14-21-49/h12-46,69H,1-11H3. The van der Waals surface area contributed by atoms with Gasteiger partial charge >= 0.3 is 6.85 Å². The van der Waals surface area contributed by atoms with Crippen LogP contribution in [0.2, 0.25) is 0 Å². The van der Waals surface area contributed by atoms with Crippen LogP contribution in [0, 0.1) is 13.8 Å². The lowest BCUT2D eigenvalue weighted by Crippen LogP contribution is -2.61. The summed E-state index contributed by atoms with van der Waals surface area (Å²) < 4.78 is 0. The smallest absolute Gasteiger partial charge is 0.333 e. The summed E-state index contributed by atoms with van der Waals surface area (Å²) in [6.07, 6.45) is 0. The molecule has 0 saturated heterocycles. The number of anilines is 5. The quantitative estimate of drug-likeness (QED) is 0.116. The maximum atomic E-state index is 2.67. The van der Waals surface area contributed by atoms with E-state index in [-0.39, 0.29) is 29.0 Å². The molecule has 0 unspecified atom stereocenters. The zero-order valence-electron chi connectivity index (χ0n) is 46.3. The van der Waals surface area contributed by atoms with E-state index in [9.17, 15) is 0 Å². The Balaban J connectivity index is 1.18. The van der Waals surface area contributed by atoms with Gasteiger partial charge in [-0.3, -0.25) is 0 Å². The Morgan fingerprint density at radius 2 is 0.908 bits per heavy atom. The summed E-state index contributed by atoms with van der Waals surface area (Å²) in [6.45, 7) is 25.2. The number of fused-ring (bicyclic) bond motifs is 5. The molecule has 0 fully saturated rings. The van der Waals surface area contributed by atoms with Gasteiger partial charge in [-0.05, 0) is 179 Å². The van der Waals surface area contributed by atoms with Gasteiger partial charge in [0.25, 0.3) is 0 Å². The highest BCUT2D eigenvalue weighted by molar-refractivity contribution is 6.93. The van der Waals surface area contributed by atoms with Crippen LogP contribution in [0.15, 0.2) is 212 Å². The van der Waals surface area contributed by atoms with E-state index in [1.54, 1.807) is 0 Å². The average molecular weight is 985 g/mol. The van der Waals surface area contributed by atoms with Gasteiger partial charge in [0.15, 0.2) is 0 Å². The Bertz CT molecular complexity index is 3770. The molecule has 12 rings (SSSR count). The summed E-state index contributed by atoms with van der Waals surface area (Å²) in [5.41, 5.74) is 26.4. The molecule has 0 spiro atoms. The number of hydrogen-bond donors (Lipinski definition) is 0. The van der Waals surface area contributed by atoms with Gasteiger partial charge < -0.3 is 9.71 Å². The molecule has 2 nitrogen and oxygen atoms in total. The van der Waals surface area contributed by atoms with E-state index < -0.39 is 0 Å². The molecule has 0 amide bonds. The molecule has 3 heteroatoms. The third-order valence-corrected chi connectivity index (χ3v) is 16.5. The summed E-state index contributed by atoms with van der Waals surface area (Å²) in [6, 6.07) is 81.5. The molecule has 374 valence electrons. The fraction of sp³-hybridized carbons (Fsp3) is 0.205. The van der Waals surface area contributed by atoms with Gasteiger partial charge in [-0.2, -0.15) is 0 Å². The Hall–Kier alpha value is -7.88. The molecule has 2 aliphatic rings. The van der Waals surface area contributed by atoms with Crippen LogP contribution in [-0.4, -0.2) is 6.85 Å². The van der Waals surface area contributed by atoms with Crippen molar-refractivity contribution in [3.05, 3.63) is 257 Å². The lowest BCUT2D eigenvalue weighted by molar-refractivity contribution is 0.589. The van der Waals surface area contributed by atoms with Gasteiger partial charge in [-0.25, -0.2) is 0 Å². The lowest BCUT2D eigenvalue weighted by Gasteiger charge is -2.46. The molecule has 0 N–H and O–H groups in total. The van der Waals surface area contributed by atoms with E-state index in [0.717, 1.165) is 0 Å². The van der Waals surface area contributed by atoms with Crippen molar-refractivity contribution in [3.63, 3.8) is 0 Å². The SMILES string of the molecule is Cc1ccccc1-c1cc2c3c(c1)N(c1ccc(-c4ccccc4)cc1C)c1cc(C(c4ccc(C(C)(C)C)cc4)c4ccc(C(C)(C)C)cc4)ccc1B3N(c1ccc(C(C)(C)C)cc1)c1cc3ccccc3cc1-2. The van der Waals surface area contributed by atoms with Crippen molar-refractivity contribution in [1.82, 2.24) is 0 Å². The van der Waals surface area contributed by atoms with Crippen molar-refractivity contribution >= 4 is 57.0 Å². The minimum Gasteiger partial charge on any atom is -0.376 e. The molecular formula is C73H69BN2. The lowest BCUT2D eigenvalue weighted by atomic mass is 9.43. The van der Waals surface area contributed by atoms with Crippen LogP contribution in [0.3, 0.4) is 0 Å². The molecule has 0 radical (unpaired) electrons. The molecule has 10 aromatic rings. The molecule has 0 aliphatic carbocycles. The molecule has 2 heterocycles. The fourth-order valence-electron chi connectivity index (χ4n) is 12.2. The summed E-state index contributed by atoms with van der Waals surface area (Å²) >= 11 is 0. The Kier molecular flexibility index (Phi) is 11.9. The first kappa shape index (κ1) is 49.0. The second kappa shape index (κ2) is 18.5. The number of nitrogens with zero attached hydrogens (tertiary/aromatic N) is 2. The molecule has 0 saturated carbocycles. The summed E-state index contributed by atoms with van der Waals surface area (Å²) in [7, 11) is 0. The zero-order valence-corrected chi connectivity index (χ0v) is 46.3. The van der Waals surface area contributed by atoms with E-state index in [2.05, 4.69) is 298 Å². The molecule has 0 aromatic heterocycles. The van der Waals surface area contributed by atoms with Crippen LogP contribution in [0.1, 0.15) is 113 Å². The van der Waals surface area contributed by atoms with Crippen molar-refractivity contribution in [2.24, 2.45) is 0 Å². The van der Waals surface area contributed by atoms with Crippen molar-refractivity contribution in [3.8, 4) is 33.4 Å². The van der Waals surface area contributed by atoms with Crippen molar-refractivity contribution in [2.45, 2.75) is 98.3 Å². The Labute approximate surface area is 452 Å². The summed E-state index contributed by atoms with van der Waals surface area (Å²) in [5, 5.41) is 2.47. The largest absolute Gasteiger partial charge is 0.376 e. The van der Waals surface area contributed by atoms with E-state index in [1.807, 2.05) is 0 Å². The van der Waals surface area contributed by atoms with Gasteiger partial charge in [0, 0.05) is 39.9 Å². The maximum absolute atomic E-state index is 2.67. The molecule has 10 aromatic carbocycles. The highest BCUT2D eigenvalue weighted by atomic mass is 15.2. The van der Waals surface area contributed by atoms with Crippen molar-refractivity contribution in [2.75, 3.05) is 9.71 Å². The average Bonchev–Trinajstić information content (AvgIpc) is 3.51. The second-order valence-electron chi connectivity index (χ2n) is 24.8. The minimum absolute atomic E-state index is 0.0131. The van der Waals surface area contributed by atoms with Crippen LogP contribution in [0.25, 0.3) is 44.2 Å². The van der Waals surface area contributed by atoms with Gasteiger partial charge in [0.05, 0.1) is 0 Å². The van der Waals surface area contributed by atoms with Crippen LogP contribution in [-0.2, 0) is 16.2 Å². The Morgan fingerprint density at radius 3 is 1.50 bits per heavy atom. The molecule has 0 bridgehead atoms. The molecule has 76 heavy (non-hydrogen) atoms. The molecule has 0 atom stereocenters. The molecule has 2 aliphatic heterocycles. The van der Waals surface area contributed by atoms with Gasteiger partial charge in [-0.15, -0.1) is 0 Å². The van der Waals surface area contributed by atoms with Gasteiger partial charge in [0.2, 0.25) is 0 Å². The number of aryl methyl sites for hydroxylation is 2. The summed E-state index contributed by atoms with van der Waals surface area (Å²) in [5.74, 6) is -0.0218. The monoisotopic (exact) mass is 985 g/mol. The zero-order chi connectivity index (χ0) is 52.8. The maximum Gasteiger partial charge on any atom is 0.333 e. The highest BCUT2D eigenvalue weighted by Gasteiger charge is 2.46. The number of rotatable bonds is 7. The highest BCUT2D eigenvalue weighted by Crippen LogP contribution is 2.51. The minimum atomic E-state index is -0.148. The Morgan fingerprint density at radius 1 is 0.355 bits per heavy atom. The second-order valence-corrected chi connectivity index (χ2v) is 24.8. The van der Waals surface area contributed by atoms with Crippen LogP contribution < -0.4 is 20.6 Å². The van der Waals surface area contributed by atoms with Crippen LogP contribution >= 0.6 is 0 Å². The third-order valence-electron chi connectivity index (χ3n) is 16.5. The summed E-state index contributed by atoms with van der Waals surface area (Å²) in [4.78, 5) is 5.30. The van der Waals surface area contributed by atoms with Crippen molar-refractivity contribution < 1.29 is 0 Å². The number of benzene rings is 10. The van der Waals surface area contributed by atoms with E-state index in [4.69, 9.17) is 0 Å². The van der Waals surface area contributed by atoms with Crippen molar-refractivity contribution in [1.29, 1.82) is 0 Å². The first-order chi connectivity index (χ1) is 36.4. The van der Waals surface area contributed by atoms with Crippen LogP contribution in [0.4, 0.5) is 28.4 Å². The predicted molar refractivity (Wildman–Crippen MR) is 328 cm³/mol. The first-order valence-electron chi connectivity index (χ1n) is 27.4. The predicted octanol–water partition coefficient (Wildman–Crippen LogP) is 18.6. The van der Waals surface area contributed by atoms with E-state index in [1.165, 1.54) is 128 Å². The normalized spacial score (nSPS) is 13.2. The first-order valence-corrected chi connectivity index (χ1v) is 27.4. The van der Waals surface area contributed by atoms with E-state index in [0.29, 0.717) is 0 Å².